The predicted molar refractivity (Wildman–Crippen MR) is 92.9 cm³/mol. The second-order valence-corrected chi connectivity index (χ2v) is 5.61. The van der Waals surface area contributed by atoms with Crippen LogP contribution in [0.3, 0.4) is 0 Å². The average molecular weight is 322 g/mol. The van der Waals surface area contributed by atoms with Crippen LogP contribution in [0.25, 0.3) is 10.8 Å². The van der Waals surface area contributed by atoms with Gasteiger partial charge in [-0.2, -0.15) is 0 Å². The van der Waals surface area contributed by atoms with Gasteiger partial charge in [-0.3, -0.25) is 0 Å². The maximum absolute atomic E-state index is 12.2. The SMILES string of the molecule is COC(=O)c1c(Oc2cccc3ccccc23)cc(C)c(O)c1C. The topological polar surface area (TPSA) is 55.8 Å². The van der Waals surface area contributed by atoms with E-state index in [1.54, 1.807) is 19.9 Å². The molecule has 0 bridgehead atoms. The molecule has 0 saturated heterocycles. The molecule has 4 nitrogen and oxygen atoms in total. The van der Waals surface area contributed by atoms with Crippen molar-refractivity contribution in [2.24, 2.45) is 0 Å². The van der Waals surface area contributed by atoms with Crippen LogP contribution in [-0.4, -0.2) is 18.2 Å². The summed E-state index contributed by atoms with van der Waals surface area (Å²) in [5.41, 5.74) is 1.31. The Morgan fingerprint density at radius 2 is 1.71 bits per heavy atom. The van der Waals surface area contributed by atoms with E-state index in [-0.39, 0.29) is 11.3 Å². The molecule has 0 atom stereocenters. The second-order valence-electron chi connectivity index (χ2n) is 5.61. The van der Waals surface area contributed by atoms with Gasteiger partial charge in [0.15, 0.2) is 0 Å². The molecule has 122 valence electrons. The summed E-state index contributed by atoms with van der Waals surface area (Å²) in [5.74, 6) is 0.535. The van der Waals surface area contributed by atoms with E-state index in [9.17, 15) is 9.90 Å². The number of carbonyl (C=O) groups is 1. The smallest absolute Gasteiger partial charge is 0.342 e. The molecule has 3 rings (SSSR count). The van der Waals surface area contributed by atoms with E-state index < -0.39 is 5.97 Å². The molecular weight excluding hydrogens is 304 g/mol. The van der Waals surface area contributed by atoms with Crippen molar-refractivity contribution >= 4 is 16.7 Å². The van der Waals surface area contributed by atoms with E-state index in [0.29, 0.717) is 22.6 Å². The molecule has 0 aliphatic carbocycles. The van der Waals surface area contributed by atoms with Gasteiger partial charge in [-0.1, -0.05) is 36.4 Å². The van der Waals surface area contributed by atoms with Gasteiger partial charge in [-0.15, -0.1) is 0 Å². The number of phenols is 1. The van der Waals surface area contributed by atoms with Crippen molar-refractivity contribution in [3.63, 3.8) is 0 Å². The van der Waals surface area contributed by atoms with E-state index >= 15 is 0 Å². The molecule has 24 heavy (non-hydrogen) atoms. The van der Waals surface area contributed by atoms with Gasteiger partial charge >= 0.3 is 5.97 Å². The van der Waals surface area contributed by atoms with Crippen LogP contribution in [0.4, 0.5) is 0 Å². The maximum Gasteiger partial charge on any atom is 0.342 e. The number of aryl methyl sites for hydroxylation is 1. The Morgan fingerprint density at radius 3 is 2.46 bits per heavy atom. The highest BCUT2D eigenvalue weighted by Crippen LogP contribution is 2.37. The molecule has 3 aromatic carbocycles. The zero-order valence-electron chi connectivity index (χ0n) is 13.8. The molecular formula is C20H18O4. The first kappa shape index (κ1) is 15.9. The highest BCUT2D eigenvalue weighted by molar-refractivity contribution is 5.96. The van der Waals surface area contributed by atoms with Crippen molar-refractivity contribution in [3.8, 4) is 17.2 Å². The minimum Gasteiger partial charge on any atom is -0.507 e. The summed E-state index contributed by atoms with van der Waals surface area (Å²) < 4.78 is 10.9. The zero-order chi connectivity index (χ0) is 17.3. The van der Waals surface area contributed by atoms with Crippen molar-refractivity contribution in [2.75, 3.05) is 7.11 Å². The summed E-state index contributed by atoms with van der Waals surface area (Å²) in [6, 6.07) is 15.2. The molecule has 0 radical (unpaired) electrons. The molecule has 3 aromatic rings. The van der Waals surface area contributed by atoms with Crippen LogP contribution in [-0.2, 0) is 4.74 Å². The number of ether oxygens (including phenoxy) is 2. The van der Waals surface area contributed by atoms with Crippen molar-refractivity contribution < 1.29 is 19.4 Å². The number of rotatable bonds is 3. The molecule has 0 saturated carbocycles. The highest BCUT2D eigenvalue weighted by Gasteiger charge is 2.21. The first-order valence-electron chi connectivity index (χ1n) is 7.60. The summed E-state index contributed by atoms with van der Waals surface area (Å²) in [6.07, 6.45) is 0. The average Bonchev–Trinajstić information content (AvgIpc) is 2.60. The molecule has 0 unspecified atom stereocenters. The van der Waals surface area contributed by atoms with Gasteiger partial charge in [0.05, 0.1) is 7.11 Å². The summed E-state index contributed by atoms with van der Waals surface area (Å²) in [5, 5.41) is 12.1. The minimum absolute atomic E-state index is 0.0701. The van der Waals surface area contributed by atoms with Crippen molar-refractivity contribution in [3.05, 3.63) is 65.2 Å². The third-order valence-electron chi connectivity index (χ3n) is 4.06. The standard InChI is InChI=1S/C20H18O4/c1-12-11-17(18(20(22)23-3)13(2)19(12)21)24-16-10-6-8-14-7-4-5-9-15(14)16/h4-11,21H,1-3H3. The number of benzene rings is 3. The minimum atomic E-state index is -0.543. The van der Waals surface area contributed by atoms with Gasteiger partial charge < -0.3 is 14.6 Å². The van der Waals surface area contributed by atoms with E-state index in [2.05, 4.69) is 0 Å². The Hall–Kier alpha value is -3.01. The highest BCUT2D eigenvalue weighted by atomic mass is 16.5. The largest absolute Gasteiger partial charge is 0.507 e. The molecule has 4 heteroatoms. The Bertz CT molecular complexity index is 923. The summed E-state index contributed by atoms with van der Waals surface area (Å²) in [6.45, 7) is 3.43. The lowest BCUT2D eigenvalue weighted by Crippen LogP contribution is -2.07. The number of esters is 1. The fourth-order valence-corrected chi connectivity index (χ4v) is 2.78. The van der Waals surface area contributed by atoms with Gasteiger partial charge in [-0.05, 0) is 36.9 Å². The van der Waals surface area contributed by atoms with Crippen LogP contribution in [0.1, 0.15) is 21.5 Å². The molecule has 0 amide bonds. The number of aromatic hydroxyl groups is 1. The third-order valence-corrected chi connectivity index (χ3v) is 4.06. The zero-order valence-corrected chi connectivity index (χ0v) is 13.8. The van der Waals surface area contributed by atoms with Gasteiger partial charge in [-0.25, -0.2) is 4.79 Å². The van der Waals surface area contributed by atoms with E-state index in [1.165, 1.54) is 7.11 Å². The number of methoxy groups -OCH3 is 1. The monoisotopic (exact) mass is 322 g/mol. The van der Waals surface area contributed by atoms with Crippen LogP contribution in [0.5, 0.6) is 17.2 Å². The number of fused-ring (bicyclic) bond motifs is 1. The van der Waals surface area contributed by atoms with Crippen LogP contribution >= 0.6 is 0 Å². The Kier molecular flexibility index (Phi) is 4.13. The van der Waals surface area contributed by atoms with Crippen LogP contribution in [0, 0.1) is 13.8 Å². The van der Waals surface area contributed by atoms with Gasteiger partial charge in [0, 0.05) is 10.9 Å². The van der Waals surface area contributed by atoms with Gasteiger partial charge in [0.2, 0.25) is 0 Å². The van der Waals surface area contributed by atoms with Crippen molar-refractivity contribution in [2.45, 2.75) is 13.8 Å². The van der Waals surface area contributed by atoms with Crippen LogP contribution in [0.15, 0.2) is 48.5 Å². The quantitative estimate of drug-likeness (QED) is 0.708. The van der Waals surface area contributed by atoms with Gasteiger partial charge in [0.25, 0.3) is 0 Å². The Morgan fingerprint density at radius 1 is 1.00 bits per heavy atom. The van der Waals surface area contributed by atoms with Crippen molar-refractivity contribution in [1.29, 1.82) is 0 Å². The lowest BCUT2D eigenvalue weighted by Gasteiger charge is -2.16. The summed E-state index contributed by atoms with van der Waals surface area (Å²) >= 11 is 0. The fraction of sp³-hybridized carbons (Fsp3) is 0.150. The van der Waals surface area contributed by atoms with Crippen LogP contribution in [0.2, 0.25) is 0 Å². The summed E-state index contributed by atoms with van der Waals surface area (Å²) in [4.78, 5) is 12.2. The number of hydrogen-bond acceptors (Lipinski definition) is 4. The molecule has 0 spiro atoms. The predicted octanol–water partition coefficient (Wildman–Crippen LogP) is 4.74. The summed E-state index contributed by atoms with van der Waals surface area (Å²) in [7, 11) is 1.31. The molecule has 0 aromatic heterocycles. The molecule has 0 aliphatic heterocycles. The fourth-order valence-electron chi connectivity index (χ4n) is 2.78. The van der Waals surface area contributed by atoms with Crippen molar-refractivity contribution in [1.82, 2.24) is 0 Å². The van der Waals surface area contributed by atoms with E-state index in [1.807, 2.05) is 42.5 Å². The Balaban J connectivity index is 2.17. The Labute approximate surface area is 140 Å². The number of phenolic OH excluding ortho intramolecular Hbond substituents is 1. The molecule has 0 aliphatic rings. The maximum atomic E-state index is 12.2. The number of carbonyl (C=O) groups excluding carboxylic acids is 1. The van der Waals surface area contributed by atoms with E-state index in [0.717, 1.165) is 10.8 Å². The molecule has 1 N–H and O–H groups in total. The van der Waals surface area contributed by atoms with E-state index in [4.69, 9.17) is 9.47 Å². The molecule has 0 fully saturated rings. The lowest BCUT2D eigenvalue weighted by atomic mass is 10.0. The second kappa shape index (κ2) is 6.24. The first-order chi connectivity index (χ1) is 11.5. The third kappa shape index (κ3) is 2.67. The lowest BCUT2D eigenvalue weighted by molar-refractivity contribution is 0.0596. The number of hydrogen-bond donors (Lipinski definition) is 1. The first-order valence-corrected chi connectivity index (χ1v) is 7.60. The van der Waals surface area contributed by atoms with Crippen LogP contribution < -0.4 is 4.74 Å². The van der Waals surface area contributed by atoms with Gasteiger partial charge in [0.1, 0.15) is 22.8 Å². The molecule has 0 heterocycles. The normalized spacial score (nSPS) is 10.6.